The third-order valence-corrected chi connectivity index (χ3v) is 9.91. The molecule has 4 aromatic rings. The van der Waals surface area contributed by atoms with Crippen LogP contribution >= 0.6 is 74.7 Å². The van der Waals surface area contributed by atoms with E-state index in [1.54, 1.807) is 0 Å². The van der Waals surface area contributed by atoms with E-state index in [-0.39, 0.29) is 23.6 Å². The molecule has 0 aromatic heterocycles. The molecule has 0 spiro atoms. The molecule has 4 aromatic carbocycles. The Morgan fingerprint density at radius 3 is 1.29 bits per heavy atom. The predicted molar refractivity (Wildman–Crippen MR) is 224 cm³/mol. The smallest absolute Gasteiger partial charge is 0.120 e. The van der Waals surface area contributed by atoms with E-state index in [1.807, 2.05) is 97.1 Å². The zero-order valence-corrected chi connectivity index (χ0v) is 35.0. The van der Waals surface area contributed by atoms with Crippen LogP contribution in [0.15, 0.2) is 97.1 Å². The molecule has 0 bridgehead atoms. The summed E-state index contributed by atoms with van der Waals surface area (Å²) in [5.74, 6) is 3.50. The minimum atomic E-state index is -0.124. The summed E-state index contributed by atoms with van der Waals surface area (Å²) in [4.78, 5) is 2.42. The molecule has 0 radical (unpaired) electrons. The van der Waals surface area contributed by atoms with Crippen LogP contribution in [0.3, 0.4) is 0 Å². The standard InChI is InChI=1S/C20H23Cl2NO2.C12H16ClNO.C8H8BrClO.ClH/c1-20(25-19-8-4-17(22)5-9-19)10-12-23(13-11-20)14-15-24-18-6-2-16(21)3-7-18;1-12(6-8-14-9-7-12)15-11-4-2-10(13)3-5-11;9-5-6-11-8-3-1-7(10)2-4-8;/h2-9H,10-15H2,1H3;2-5,14H,6-9H2,1H3;1-4H,5-6H2;1H. The first-order valence-corrected chi connectivity index (χ1v) is 19.8. The average molecular weight is 878 g/mol. The van der Waals surface area contributed by atoms with Crippen molar-refractivity contribution in [1.82, 2.24) is 10.2 Å². The number of halogens is 6. The van der Waals surface area contributed by atoms with Gasteiger partial charge < -0.3 is 24.3 Å². The Labute approximate surface area is 343 Å². The van der Waals surface area contributed by atoms with Crippen LogP contribution in [0.4, 0.5) is 0 Å². The first-order valence-electron chi connectivity index (χ1n) is 17.2. The van der Waals surface area contributed by atoms with Gasteiger partial charge in [0.05, 0.1) is 6.61 Å². The van der Waals surface area contributed by atoms with Crippen molar-refractivity contribution < 1.29 is 18.9 Å². The molecule has 52 heavy (non-hydrogen) atoms. The van der Waals surface area contributed by atoms with Crippen LogP contribution in [-0.4, -0.2) is 67.4 Å². The maximum atomic E-state index is 6.20. The van der Waals surface area contributed by atoms with E-state index >= 15 is 0 Å². The van der Waals surface area contributed by atoms with E-state index in [0.29, 0.717) is 13.2 Å². The highest BCUT2D eigenvalue weighted by atomic mass is 79.9. The Morgan fingerprint density at radius 1 is 0.558 bits per heavy atom. The van der Waals surface area contributed by atoms with E-state index in [1.165, 1.54) is 0 Å². The largest absolute Gasteiger partial charge is 0.493 e. The lowest BCUT2D eigenvalue weighted by atomic mass is 9.93. The molecule has 6 nitrogen and oxygen atoms in total. The second-order valence-corrected chi connectivity index (χ2v) is 15.4. The van der Waals surface area contributed by atoms with Crippen LogP contribution in [0.5, 0.6) is 23.0 Å². The molecule has 2 saturated heterocycles. The lowest BCUT2D eigenvalue weighted by Crippen LogP contribution is -2.47. The predicted octanol–water partition coefficient (Wildman–Crippen LogP) is 11.7. The van der Waals surface area contributed by atoms with Crippen LogP contribution in [0.25, 0.3) is 0 Å². The van der Waals surface area contributed by atoms with Gasteiger partial charge in [-0.2, -0.15) is 0 Å². The zero-order chi connectivity index (χ0) is 36.5. The Balaban J connectivity index is 0.000000230. The number of rotatable bonds is 11. The van der Waals surface area contributed by atoms with Gasteiger partial charge in [-0.1, -0.05) is 62.3 Å². The number of nitrogens with one attached hydrogen (secondary N) is 1. The Kier molecular flexibility index (Phi) is 19.6. The quantitative estimate of drug-likeness (QED) is 0.152. The van der Waals surface area contributed by atoms with Gasteiger partial charge in [-0.15, -0.1) is 12.4 Å². The summed E-state index contributed by atoms with van der Waals surface area (Å²) in [6, 6.07) is 30.0. The topological polar surface area (TPSA) is 52.2 Å². The summed E-state index contributed by atoms with van der Waals surface area (Å²) in [5, 5.41) is 7.11. The molecule has 0 saturated carbocycles. The molecule has 12 heteroatoms. The van der Waals surface area contributed by atoms with Crippen molar-refractivity contribution in [3.63, 3.8) is 0 Å². The highest BCUT2D eigenvalue weighted by Crippen LogP contribution is 2.30. The molecule has 2 aliphatic rings. The number of nitrogens with zero attached hydrogens (tertiary/aromatic N) is 1. The van der Waals surface area contributed by atoms with Crippen LogP contribution in [0.2, 0.25) is 20.1 Å². The van der Waals surface area contributed by atoms with Gasteiger partial charge in [-0.25, -0.2) is 0 Å². The fourth-order valence-corrected chi connectivity index (χ4v) is 6.16. The fourth-order valence-electron chi connectivity index (χ4n) is 5.49. The molecule has 1 N–H and O–H groups in total. The third-order valence-electron chi connectivity index (χ3n) is 8.58. The molecule has 0 atom stereocenters. The molecule has 0 aliphatic carbocycles. The van der Waals surface area contributed by atoms with Gasteiger partial charge in [0.1, 0.15) is 40.8 Å². The maximum absolute atomic E-state index is 6.20. The van der Waals surface area contributed by atoms with Crippen LogP contribution in [0.1, 0.15) is 39.5 Å². The second-order valence-electron chi connectivity index (χ2n) is 12.9. The number of likely N-dealkylation sites (tertiary alicyclic amines) is 1. The molecule has 0 amide bonds. The van der Waals surface area contributed by atoms with Gasteiger partial charge in [0.2, 0.25) is 0 Å². The van der Waals surface area contributed by atoms with E-state index in [2.05, 4.69) is 40.0 Å². The van der Waals surface area contributed by atoms with Gasteiger partial charge in [-0.05, 0) is 150 Å². The number of ether oxygens (including phenoxy) is 4. The summed E-state index contributed by atoms with van der Waals surface area (Å²) >= 11 is 26.6. The molecule has 6 rings (SSSR count). The second kappa shape index (κ2) is 23.0. The summed E-state index contributed by atoms with van der Waals surface area (Å²) < 4.78 is 23.3. The van der Waals surface area contributed by atoms with Crippen LogP contribution in [0, 0.1) is 0 Å². The Hall–Kier alpha value is -2.07. The van der Waals surface area contributed by atoms with E-state index in [4.69, 9.17) is 65.4 Å². The molecule has 2 aliphatic heterocycles. The molecular formula is C40H48BrCl5N2O4. The van der Waals surface area contributed by atoms with Crippen molar-refractivity contribution in [2.45, 2.75) is 50.7 Å². The van der Waals surface area contributed by atoms with Crippen LogP contribution < -0.4 is 24.3 Å². The van der Waals surface area contributed by atoms with Crippen molar-refractivity contribution >= 4 is 74.7 Å². The number of hydrogen-bond acceptors (Lipinski definition) is 6. The molecule has 2 fully saturated rings. The lowest BCUT2D eigenvalue weighted by Gasteiger charge is -2.39. The Bertz CT molecular complexity index is 1550. The van der Waals surface area contributed by atoms with Crippen molar-refractivity contribution in [3.05, 3.63) is 117 Å². The van der Waals surface area contributed by atoms with Crippen molar-refractivity contribution in [2.24, 2.45) is 0 Å². The highest BCUT2D eigenvalue weighted by molar-refractivity contribution is 9.09. The van der Waals surface area contributed by atoms with Gasteiger partial charge >= 0.3 is 0 Å². The monoisotopic (exact) mass is 874 g/mol. The van der Waals surface area contributed by atoms with Crippen molar-refractivity contribution in [1.29, 1.82) is 0 Å². The number of hydrogen-bond donors (Lipinski definition) is 1. The number of alkyl halides is 1. The van der Waals surface area contributed by atoms with E-state index in [0.717, 1.165) is 107 Å². The first-order chi connectivity index (χ1) is 24.5. The van der Waals surface area contributed by atoms with Gasteiger partial charge in [0.25, 0.3) is 0 Å². The Morgan fingerprint density at radius 2 is 0.904 bits per heavy atom. The van der Waals surface area contributed by atoms with Crippen molar-refractivity contribution in [2.75, 3.05) is 51.3 Å². The van der Waals surface area contributed by atoms with E-state index in [9.17, 15) is 0 Å². The highest BCUT2D eigenvalue weighted by Gasteiger charge is 2.32. The van der Waals surface area contributed by atoms with Crippen molar-refractivity contribution in [3.8, 4) is 23.0 Å². The lowest BCUT2D eigenvalue weighted by molar-refractivity contribution is 0.0135. The molecular weight excluding hydrogens is 830 g/mol. The molecule has 0 unspecified atom stereocenters. The fraction of sp³-hybridized carbons (Fsp3) is 0.400. The van der Waals surface area contributed by atoms with E-state index < -0.39 is 0 Å². The van der Waals surface area contributed by atoms with Gasteiger partial charge in [-0.3, -0.25) is 4.90 Å². The summed E-state index contributed by atoms with van der Waals surface area (Å²) in [6.45, 7) is 10.7. The maximum Gasteiger partial charge on any atom is 0.120 e. The SMILES string of the molecule is CC1(Oc2ccc(Cl)cc2)CCN(CCOc2ccc(Cl)cc2)CC1.CC1(Oc2ccc(Cl)cc2)CCNCC1.Cl.Clc1ccc(OCCBr)cc1. The summed E-state index contributed by atoms with van der Waals surface area (Å²) in [5.41, 5.74) is -0.152. The van der Waals surface area contributed by atoms with Gasteiger partial charge in [0, 0.05) is 45.1 Å². The summed E-state index contributed by atoms with van der Waals surface area (Å²) in [6.07, 6.45) is 4.10. The normalized spacial score (nSPS) is 16.1. The average Bonchev–Trinajstić information content (AvgIpc) is 3.13. The van der Waals surface area contributed by atoms with Crippen LogP contribution in [-0.2, 0) is 0 Å². The minimum Gasteiger partial charge on any atom is -0.493 e. The van der Waals surface area contributed by atoms with Gasteiger partial charge in [0.15, 0.2) is 0 Å². The first kappa shape index (κ1) is 44.3. The number of piperidine rings is 2. The number of benzene rings is 4. The molecule has 2 heterocycles. The minimum absolute atomic E-state index is 0. The zero-order valence-electron chi connectivity index (χ0n) is 29.6. The molecule has 284 valence electrons. The third kappa shape index (κ3) is 16.5. The summed E-state index contributed by atoms with van der Waals surface area (Å²) in [7, 11) is 0.